The molecule has 1 aromatic heterocycles. The Labute approximate surface area is 86.2 Å². The van der Waals surface area contributed by atoms with Crippen LogP contribution in [0.2, 0.25) is 5.02 Å². The zero-order valence-corrected chi connectivity index (χ0v) is 8.00. The molecule has 1 nitrogen and oxygen atoms in total. The van der Waals surface area contributed by atoms with Crippen molar-refractivity contribution in [3.63, 3.8) is 0 Å². The molecule has 0 fully saturated rings. The number of halogens is 2. The summed E-state index contributed by atoms with van der Waals surface area (Å²) in [6.45, 7) is 0. The van der Waals surface area contributed by atoms with Crippen LogP contribution in [0.15, 0.2) is 42.7 Å². The third-order valence-corrected chi connectivity index (χ3v) is 2.14. The molecule has 3 heteroatoms. The summed E-state index contributed by atoms with van der Waals surface area (Å²) in [5.74, 6) is -0.328. The number of aromatic nitrogens is 1. The number of rotatable bonds is 1. The van der Waals surface area contributed by atoms with Gasteiger partial charge in [0.25, 0.3) is 0 Å². The summed E-state index contributed by atoms with van der Waals surface area (Å²) in [4.78, 5) is 3.92. The van der Waals surface area contributed by atoms with Crippen molar-refractivity contribution in [3.8, 4) is 11.1 Å². The minimum atomic E-state index is -0.328. The topological polar surface area (TPSA) is 12.9 Å². The number of benzene rings is 1. The maximum Gasteiger partial charge on any atom is 0.132 e. The second-order valence-corrected chi connectivity index (χ2v) is 3.30. The molecular formula is C11H7ClFN. The van der Waals surface area contributed by atoms with Crippen LogP contribution in [0.3, 0.4) is 0 Å². The predicted molar refractivity (Wildman–Crippen MR) is 54.6 cm³/mol. The Balaban J connectivity index is 2.53. The van der Waals surface area contributed by atoms with Crippen LogP contribution in [0.5, 0.6) is 0 Å². The molecule has 1 aromatic carbocycles. The highest BCUT2D eigenvalue weighted by Gasteiger charge is 2.04. The Bertz CT molecular complexity index is 442. The standard InChI is InChI=1S/C11H7ClFN/c12-9-3-4-10(11(13)6-9)8-2-1-5-14-7-8/h1-7H. The van der Waals surface area contributed by atoms with Gasteiger partial charge in [0.1, 0.15) is 5.82 Å². The minimum Gasteiger partial charge on any atom is -0.264 e. The molecule has 0 atom stereocenters. The van der Waals surface area contributed by atoms with E-state index in [2.05, 4.69) is 4.98 Å². The molecule has 0 bridgehead atoms. The summed E-state index contributed by atoms with van der Waals surface area (Å²) in [5, 5.41) is 0.398. The second-order valence-electron chi connectivity index (χ2n) is 2.87. The van der Waals surface area contributed by atoms with Crippen LogP contribution in [-0.4, -0.2) is 4.98 Å². The summed E-state index contributed by atoms with van der Waals surface area (Å²) in [6.07, 6.45) is 3.27. The quantitative estimate of drug-likeness (QED) is 0.697. The molecule has 1 heterocycles. The maximum absolute atomic E-state index is 13.4. The average Bonchev–Trinajstić information content (AvgIpc) is 2.19. The van der Waals surface area contributed by atoms with Gasteiger partial charge in [-0.3, -0.25) is 4.98 Å². The van der Waals surface area contributed by atoms with Gasteiger partial charge in [-0.25, -0.2) is 4.39 Å². The normalized spacial score (nSPS) is 10.1. The maximum atomic E-state index is 13.4. The minimum absolute atomic E-state index is 0.328. The van der Waals surface area contributed by atoms with Crippen molar-refractivity contribution in [1.29, 1.82) is 0 Å². The van der Waals surface area contributed by atoms with Gasteiger partial charge in [0.2, 0.25) is 0 Å². The van der Waals surface area contributed by atoms with E-state index in [1.165, 1.54) is 6.07 Å². The van der Waals surface area contributed by atoms with E-state index in [1.54, 1.807) is 36.7 Å². The lowest BCUT2D eigenvalue weighted by molar-refractivity contribution is 0.631. The van der Waals surface area contributed by atoms with Crippen molar-refractivity contribution in [2.24, 2.45) is 0 Å². The molecule has 0 saturated heterocycles. The summed E-state index contributed by atoms with van der Waals surface area (Å²) in [5.41, 5.74) is 1.27. The molecule has 0 amide bonds. The highest BCUT2D eigenvalue weighted by atomic mass is 35.5. The summed E-state index contributed by atoms with van der Waals surface area (Å²) >= 11 is 5.65. The van der Waals surface area contributed by atoms with Gasteiger partial charge in [-0.2, -0.15) is 0 Å². The Morgan fingerprint density at radius 1 is 1.21 bits per heavy atom. The molecule has 0 aliphatic rings. The molecule has 14 heavy (non-hydrogen) atoms. The SMILES string of the molecule is Fc1cc(Cl)ccc1-c1cccnc1. The Morgan fingerprint density at radius 2 is 2.07 bits per heavy atom. The van der Waals surface area contributed by atoms with E-state index in [1.807, 2.05) is 0 Å². The summed E-state index contributed by atoms with van der Waals surface area (Å²) in [7, 11) is 0. The van der Waals surface area contributed by atoms with Crippen molar-refractivity contribution in [2.45, 2.75) is 0 Å². The predicted octanol–water partition coefficient (Wildman–Crippen LogP) is 3.54. The second kappa shape index (κ2) is 3.76. The third-order valence-electron chi connectivity index (χ3n) is 1.90. The average molecular weight is 208 g/mol. The third kappa shape index (κ3) is 1.75. The molecule has 2 aromatic rings. The van der Waals surface area contributed by atoms with E-state index in [-0.39, 0.29) is 5.82 Å². The smallest absolute Gasteiger partial charge is 0.132 e. The molecule has 2 rings (SSSR count). The number of hydrogen-bond acceptors (Lipinski definition) is 1. The molecule has 0 saturated carbocycles. The largest absolute Gasteiger partial charge is 0.264 e. The summed E-state index contributed by atoms with van der Waals surface area (Å²) in [6, 6.07) is 8.17. The number of hydrogen-bond donors (Lipinski definition) is 0. The van der Waals surface area contributed by atoms with Crippen LogP contribution in [-0.2, 0) is 0 Å². The first kappa shape index (κ1) is 9.16. The van der Waals surface area contributed by atoms with E-state index >= 15 is 0 Å². The van der Waals surface area contributed by atoms with Crippen molar-refractivity contribution >= 4 is 11.6 Å². The molecule has 0 radical (unpaired) electrons. The highest BCUT2D eigenvalue weighted by molar-refractivity contribution is 6.30. The van der Waals surface area contributed by atoms with Crippen LogP contribution in [0.25, 0.3) is 11.1 Å². The number of nitrogens with zero attached hydrogens (tertiary/aromatic N) is 1. The van der Waals surface area contributed by atoms with Gasteiger partial charge in [0.15, 0.2) is 0 Å². The fourth-order valence-corrected chi connectivity index (χ4v) is 1.40. The molecule has 0 aliphatic heterocycles. The number of pyridine rings is 1. The molecule has 0 spiro atoms. The van der Waals surface area contributed by atoms with Crippen LogP contribution in [0, 0.1) is 5.82 Å². The van der Waals surface area contributed by atoms with Gasteiger partial charge in [0.05, 0.1) is 0 Å². The lowest BCUT2D eigenvalue weighted by Crippen LogP contribution is -1.84. The van der Waals surface area contributed by atoms with Gasteiger partial charge in [0, 0.05) is 28.5 Å². The van der Waals surface area contributed by atoms with Crippen molar-refractivity contribution in [1.82, 2.24) is 4.98 Å². The fourth-order valence-electron chi connectivity index (χ4n) is 1.25. The highest BCUT2D eigenvalue weighted by Crippen LogP contribution is 2.24. The van der Waals surface area contributed by atoms with Crippen molar-refractivity contribution < 1.29 is 4.39 Å². The first-order valence-corrected chi connectivity index (χ1v) is 4.50. The first-order valence-electron chi connectivity index (χ1n) is 4.13. The van der Waals surface area contributed by atoms with E-state index in [9.17, 15) is 4.39 Å². The van der Waals surface area contributed by atoms with Gasteiger partial charge in [-0.1, -0.05) is 17.7 Å². The van der Waals surface area contributed by atoms with E-state index in [4.69, 9.17) is 11.6 Å². The van der Waals surface area contributed by atoms with Gasteiger partial charge >= 0.3 is 0 Å². The van der Waals surface area contributed by atoms with Gasteiger partial charge < -0.3 is 0 Å². The molecule has 0 unspecified atom stereocenters. The Hall–Kier alpha value is -1.41. The zero-order chi connectivity index (χ0) is 9.97. The Morgan fingerprint density at radius 3 is 2.71 bits per heavy atom. The van der Waals surface area contributed by atoms with Gasteiger partial charge in [-0.05, 0) is 24.3 Å². The van der Waals surface area contributed by atoms with Crippen molar-refractivity contribution in [3.05, 3.63) is 53.6 Å². The molecular weight excluding hydrogens is 201 g/mol. The zero-order valence-electron chi connectivity index (χ0n) is 7.24. The summed E-state index contributed by atoms with van der Waals surface area (Å²) < 4.78 is 13.4. The van der Waals surface area contributed by atoms with Crippen molar-refractivity contribution in [2.75, 3.05) is 0 Å². The van der Waals surface area contributed by atoms with Crippen LogP contribution >= 0.6 is 11.6 Å². The van der Waals surface area contributed by atoms with E-state index < -0.39 is 0 Å². The Kier molecular flexibility index (Phi) is 2.46. The fraction of sp³-hybridized carbons (Fsp3) is 0. The monoisotopic (exact) mass is 207 g/mol. The van der Waals surface area contributed by atoms with Crippen LogP contribution in [0.1, 0.15) is 0 Å². The lowest BCUT2D eigenvalue weighted by atomic mass is 10.1. The van der Waals surface area contributed by atoms with Crippen LogP contribution in [0.4, 0.5) is 4.39 Å². The van der Waals surface area contributed by atoms with Gasteiger partial charge in [-0.15, -0.1) is 0 Å². The molecule has 0 aliphatic carbocycles. The molecule has 70 valence electrons. The first-order chi connectivity index (χ1) is 6.77. The lowest BCUT2D eigenvalue weighted by Gasteiger charge is -2.02. The molecule has 0 N–H and O–H groups in total. The van der Waals surface area contributed by atoms with Crippen LogP contribution < -0.4 is 0 Å². The van der Waals surface area contributed by atoms with E-state index in [0.29, 0.717) is 10.6 Å². The van der Waals surface area contributed by atoms with E-state index in [0.717, 1.165) is 5.56 Å².